The molecule has 1 fully saturated rings. The van der Waals surface area contributed by atoms with Gasteiger partial charge in [-0.05, 0) is 24.5 Å². The van der Waals surface area contributed by atoms with Crippen LogP contribution in [0.1, 0.15) is 48.9 Å². The average Bonchev–Trinajstić information content (AvgIpc) is 3.16. The lowest BCUT2D eigenvalue weighted by molar-refractivity contribution is 0.344. The predicted octanol–water partition coefficient (Wildman–Crippen LogP) is 3.04. The third-order valence-corrected chi connectivity index (χ3v) is 5.56. The van der Waals surface area contributed by atoms with Crippen molar-refractivity contribution in [2.45, 2.75) is 42.0 Å². The zero-order valence-electron chi connectivity index (χ0n) is 11.2. The molecular formula is C15H17N3OS. The molecule has 4 rings (SSSR count). The number of hydrogen-bond acceptors (Lipinski definition) is 5. The summed E-state index contributed by atoms with van der Waals surface area (Å²) in [5.74, 6) is 2.59. The number of benzene rings is 1. The van der Waals surface area contributed by atoms with Crippen LogP contribution in [-0.2, 0) is 5.54 Å². The molecule has 0 radical (unpaired) electrons. The molecule has 0 saturated heterocycles. The summed E-state index contributed by atoms with van der Waals surface area (Å²) < 4.78 is 5.53. The maximum atomic E-state index is 6.40. The van der Waals surface area contributed by atoms with Gasteiger partial charge in [0.15, 0.2) is 5.82 Å². The van der Waals surface area contributed by atoms with E-state index in [9.17, 15) is 0 Å². The van der Waals surface area contributed by atoms with E-state index in [1.54, 1.807) is 0 Å². The molecule has 1 aromatic heterocycles. The summed E-state index contributed by atoms with van der Waals surface area (Å²) in [7, 11) is 0. The van der Waals surface area contributed by atoms with E-state index in [0.29, 0.717) is 11.7 Å². The average molecular weight is 287 g/mol. The Morgan fingerprint density at radius 3 is 2.90 bits per heavy atom. The third kappa shape index (κ3) is 1.88. The Bertz CT molecular complexity index is 634. The number of fused-ring (bicyclic) bond motifs is 1. The quantitative estimate of drug-likeness (QED) is 0.919. The van der Waals surface area contributed by atoms with Gasteiger partial charge in [-0.1, -0.05) is 36.2 Å². The van der Waals surface area contributed by atoms with Crippen LogP contribution in [0, 0.1) is 0 Å². The van der Waals surface area contributed by atoms with E-state index < -0.39 is 0 Å². The topological polar surface area (TPSA) is 64.9 Å². The Kier molecular flexibility index (Phi) is 2.86. The molecule has 1 aromatic carbocycles. The van der Waals surface area contributed by atoms with Crippen LogP contribution in [0.25, 0.3) is 0 Å². The molecule has 1 aliphatic heterocycles. The van der Waals surface area contributed by atoms with E-state index in [2.05, 4.69) is 34.4 Å². The SMILES string of the molecule is NC1(c2noc(C3CSc4ccccc43)n2)CCCC1. The molecule has 2 heterocycles. The maximum Gasteiger partial charge on any atom is 0.235 e. The summed E-state index contributed by atoms with van der Waals surface area (Å²) in [4.78, 5) is 5.95. The number of thioether (sulfide) groups is 1. The summed E-state index contributed by atoms with van der Waals surface area (Å²) in [6, 6.07) is 8.44. The third-order valence-electron chi connectivity index (χ3n) is 4.38. The first-order valence-corrected chi connectivity index (χ1v) is 8.09. The second kappa shape index (κ2) is 4.60. The van der Waals surface area contributed by atoms with Gasteiger partial charge in [-0.15, -0.1) is 11.8 Å². The zero-order chi connectivity index (χ0) is 13.6. The van der Waals surface area contributed by atoms with Gasteiger partial charge in [0.2, 0.25) is 5.89 Å². The van der Waals surface area contributed by atoms with Crippen molar-refractivity contribution < 1.29 is 4.52 Å². The molecule has 0 bridgehead atoms. The summed E-state index contributed by atoms with van der Waals surface area (Å²) in [6.07, 6.45) is 4.23. The molecular weight excluding hydrogens is 270 g/mol. The van der Waals surface area contributed by atoms with Crippen molar-refractivity contribution in [1.82, 2.24) is 10.1 Å². The van der Waals surface area contributed by atoms with Crippen molar-refractivity contribution in [2.24, 2.45) is 5.73 Å². The molecule has 1 atom stereocenters. The fraction of sp³-hybridized carbons (Fsp3) is 0.467. The van der Waals surface area contributed by atoms with E-state index in [-0.39, 0.29) is 11.5 Å². The van der Waals surface area contributed by atoms with Gasteiger partial charge in [0, 0.05) is 10.6 Å². The molecule has 2 N–H and O–H groups in total. The van der Waals surface area contributed by atoms with Crippen molar-refractivity contribution in [2.75, 3.05) is 5.75 Å². The van der Waals surface area contributed by atoms with Crippen LogP contribution < -0.4 is 5.73 Å². The van der Waals surface area contributed by atoms with Crippen molar-refractivity contribution in [3.63, 3.8) is 0 Å². The van der Waals surface area contributed by atoms with Crippen LogP contribution in [0.2, 0.25) is 0 Å². The van der Waals surface area contributed by atoms with Crippen molar-refractivity contribution in [3.05, 3.63) is 41.5 Å². The van der Waals surface area contributed by atoms with Gasteiger partial charge in [-0.25, -0.2) is 0 Å². The molecule has 2 aromatic rings. The van der Waals surface area contributed by atoms with Gasteiger partial charge >= 0.3 is 0 Å². The monoisotopic (exact) mass is 287 g/mol. The minimum Gasteiger partial charge on any atom is -0.339 e. The molecule has 2 aliphatic rings. The standard InChI is InChI=1S/C15H17N3OS/c16-15(7-3-4-8-15)14-17-13(19-18-14)11-9-20-12-6-2-1-5-10(11)12/h1-2,5-6,11H,3-4,7-9,16H2. The summed E-state index contributed by atoms with van der Waals surface area (Å²) in [5, 5.41) is 4.17. The van der Waals surface area contributed by atoms with E-state index in [1.165, 1.54) is 10.5 Å². The molecule has 1 saturated carbocycles. The maximum absolute atomic E-state index is 6.40. The van der Waals surface area contributed by atoms with Crippen LogP contribution in [0.15, 0.2) is 33.7 Å². The largest absolute Gasteiger partial charge is 0.339 e. The predicted molar refractivity (Wildman–Crippen MR) is 77.6 cm³/mol. The summed E-state index contributed by atoms with van der Waals surface area (Å²) >= 11 is 1.85. The van der Waals surface area contributed by atoms with Crippen LogP contribution in [0.3, 0.4) is 0 Å². The van der Waals surface area contributed by atoms with Gasteiger partial charge in [0.05, 0.1) is 11.5 Å². The van der Waals surface area contributed by atoms with Gasteiger partial charge in [-0.3, -0.25) is 0 Å². The first-order chi connectivity index (χ1) is 9.76. The molecule has 1 unspecified atom stereocenters. The lowest BCUT2D eigenvalue weighted by Crippen LogP contribution is -2.34. The van der Waals surface area contributed by atoms with Crippen LogP contribution in [-0.4, -0.2) is 15.9 Å². The minimum atomic E-state index is -0.368. The number of rotatable bonds is 2. The highest BCUT2D eigenvalue weighted by atomic mass is 32.2. The number of nitrogens with two attached hydrogens (primary N) is 1. The van der Waals surface area contributed by atoms with Crippen LogP contribution in [0.5, 0.6) is 0 Å². The van der Waals surface area contributed by atoms with Gasteiger partial charge in [-0.2, -0.15) is 4.98 Å². The van der Waals surface area contributed by atoms with E-state index in [0.717, 1.165) is 31.4 Å². The van der Waals surface area contributed by atoms with E-state index >= 15 is 0 Å². The fourth-order valence-electron chi connectivity index (χ4n) is 3.18. The smallest absolute Gasteiger partial charge is 0.235 e. The Morgan fingerprint density at radius 1 is 1.25 bits per heavy atom. The minimum absolute atomic E-state index is 0.211. The Morgan fingerprint density at radius 2 is 2.05 bits per heavy atom. The molecule has 5 heteroatoms. The molecule has 0 spiro atoms. The van der Waals surface area contributed by atoms with E-state index in [1.807, 2.05) is 11.8 Å². The van der Waals surface area contributed by atoms with Crippen LogP contribution in [0.4, 0.5) is 0 Å². The first-order valence-electron chi connectivity index (χ1n) is 7.11. The van der Waals surface area contributed by atoms with Gasteiger partial charge in [0.1, 0.15) is 0 Å². The lowest BCUT2D eigenvalue weighted by Gasteiger charge is -2.17. The number of nitrogens with zero attached hydrogens (tertiary/aromatic N) is 2. The Hall–Kier alpha value is -1.33. The second-order valence-electron chi connectivity index (χ2n) is 5.72. The Balaban J connectivity index is 1.66. The second-order valence-corrected chi connectivity index (χ2v) is 6.78. The molecule has 4 nitrogen and oxygen atoms in total. The summed E-state index contributed by atoms with van der Waals surface area (Å²) in [5.41, 5.74) is 7.33. The molecule has 104 valence electrons. The highest BCUT2D eigenvalue weighted by molar-refractivity contribution is 7.99. The highest BCUT2D eigenvalue weighted by Crippen LogP contribution is 2.43. The van der Waals surface area contributed by atoms with Gasteiger partial charge < -0.3 is 10.3 Å². The number of hydrogen-bond donors (Lipinski definition) is 1. The Labute approximate surface area is 122 Å². The number of aromatic nitrogens is 2. The van der Waals surface area contributed by atoms with E-state index in [4.69, 9.17) is 10.3 Å². The lowest BCUT2D eigenvalue weighted by atomic mass is 9.98. The zero-order valence-corrected chi connectivity index (χ0v) is 12.0. The van der Waals surface area contributed by atoms with Crippen molar-refractivity contribution >= 4 is 11.8 Å². The first kappa shape index (κ1) is 12.4. The van der Waals surface area contributed by atoms with Crippen LogP contribution >= 0.6 is 11.8 Å². The molecule has 0 amide bonds. The normalized spacial score (nSPS) is 23.9. The van der Waals surface area contributed by atoms with Crippen molar-refractivity contribution in [1.29, 1.82) is 0 Å². The fourth-order valence-corrected chi connectivity index (χ4v) is 4.40. The van der Waals surface area contributed by atoms with Crippen molar-refractivity contribution in [3.8, 4) is 0 Å². The van der Waals surface area contributed by atoms with Gasteiger partial charge in [0.25, 0.3) is 0 Å². The summed E-state index contributed by atoms with van der Waals surface area (Å²) in [6.45, 7) is 0. The highest BCUT2D eigenvalue weighted by Gasteiger charge is 2.37. The molecule has 1 aliphatic carbocycles. The molecule has 20 heavy (non-hydrogen) atoms.